The fourth-order valence-corrected chi connectivity index (χ4v) is 1.83. The van der Waals surface area contributed by atoms with Crippen molar-refractivity contribution in [1.82, 2.24) is 10.2 Å². The number of nitrogens with zero attached hydrogens (tertiary/aromatic N) is 2. The Bertz CT molecular complexity index is 630. The molecule has 2 rings (SSSR count). The number of carboxylic acids is 1. The van der Waals surface area contributed by atoms with Crippen LogP contribution in [-0.2, 0) is 4.79 Å². The molecule has 0 radical (unpaired) electrons. The standard InChI is InChI=1S/C11H8F2N2O3S/c1-5-2-3-6(12)8(9(5)13)10-14-15-11(18-10)19-4-7(16)17/h2-3H,4H2,1H3,(H,16,17). The van der Waals surface area contributed by atoms with E-state index in [1.165, 1.54) is 13.0 Å². The molecule has 0 aliphatic rings. The van der Waals surface area contributed by atoms with Crippen molar-refractivity contribution in [3.8, 4) is 11.5 Å². The highest BCUT2D eigenvalue weighted by molar-refractivity contribution is 7.99. The third-order valence-electron chi connectivity index (χ3n) is 2.22. The predicted octanol–water partition coefficient (Wildman–Crippen LogP) is 2.50. The first-order valence-electron chi connectivity index (χ1n) is 5.12. The molecule has 100 valence electrons. The van der Waals surface area contributed by atoms with Gasteiger partial charge in [0.1, 0.15) is 23.0 Å². The van der Waals surface area contributed by atoms with Gasteiger partial charge in [0.25, 0.3) is 11.1 Å². The van der Waals surface area contributed by atoms with Crippen LogP contribution in [0.15, 0.2) is 21.8 Å². The fourth-order valence-electron chi connectivity index (χ4n) is 1.35. The van der Waals surface area contributed by atoms with Crippen molar-refractivity contribution >= 4 is 17.7 Å². The van der Waals surface area contributed by atoms with E-state index < -0.39 is 23.2 Å². The Morgan fingerprint density at radius 2 is 2.16 bits per heavy atom. The summed E-state index contributed by atoms with van der Waals surface area (Å²) in [6.45, 7) is 1.48. The second-order valence-corrected chi connectivity index (χ2v) is 4.54. The molecule has 0 saturated heterocycles. The molecule has 0 saturated carbocycles. The molecule has 1 aromatic heterocycles. The van der Waals surface area contributed by atoms with Gasteiger partial charge in [0.05, 0.1) is 0 Å². The highest BCUT2D eigenvalue weighted by Crippen LogP contribution is 2.29. The minimum atomic E-state index is -1.06. The van der Waals surface area contributed by atoms with Crippen LogP contribution < -0.4 is 0 Å². The predicted molar refractivity (Wildman–Crippen MR) is 62.7 cm³/mol. The van der Waals surface area contributed by atoms with Gasteiger partial charge in [-0.25, -0.2) is 8.78 Å². The van der Waals surface area contributed by atoms with E-state index in [4.69, 9.17) is 9.52 Å². The van der Waals surface area contributed by atoms with Gasteiger partial charge < -0.3 is 9.52 Å². The lowest BCUT2D eigenvalue weighted by Gasteiger charge is -2.02. The maximum atomic E-state index is 13.8. The molecule has 2 aromatic rings. The highest BCUT2D eigenvalue weighted by atomic mass is 32.2. The van der Waals surface area contributed by atoms with Gasteiger partial charge in [-0.3, -0.25) is 4.79 Å². The number of halogens is 2. The molecule has 0 fully saturated rings. The number of hydrogen-bond acceptors (Lipinski definition) is 5. The number of aryl methyl sites for hydroxylation is 1. The number of rotatable bonds is 4. The van der Waals surface area contributed by atoms with E-state index in [9.17, 15) is 13.6 Å². The molecule has 0 atom stereocenters. The topological polar surface area (TPSA) is 76.2 Å². The van der Waals surface area contributed by atoms with Crippen molar-refractivity contribution in [1.29, 1.82) is 0 Å². The summed E-state index contributed by atoms with van der Waals surface area (Å²) in [5, 5.41) is 15.5. The maximum absolute atomic E-state index is 13.8. The summed E-state index contributed by atoms with van der Waals surface area (Å²) in [5.74, 6) is -3.25. The van der Waals surface area contributed by atoms with Crippen LogP contribution >= 0.6 is 11.8 Å². The second kappa shape index (κ2) is 5.35. The average molecular weight is 286 g/mol. The third-order valence-corrected chi connectivity index (χ3v) is 3.03. The van der Waals surface area contributed by atoms with Crippen LogP contribution in [0.3, 0.4) is 0 Å². The summed E-state index contributed by atoms with van der Waals surface area (Å²) in [6.07, 6.45) is 0. The average Bonchev–Trinajstić information content (AvgIpc) is 2.80. The quantitative estimate of drug-likeness (QED) is 0.870. The maximum Gasteiger partial charge on any atom is 0.314 e. The molecule has 19 heavy (non-hydrogen) atoms. The van der Waals surface area contributed by atoms with E-state index in [-0.39, 0.29) is 22.4 Å². The van der Waals surface area contributed by atoms with Crippen molar-refractivity contribution < 1.29 is 23.1 Å². The molecule has 1 heterocycles. The molecule has 0 spiro atoms. The van der Waals surface area contributed by atoms with Crippen LogP contribution in [0.4, 0.5) is 8.78 Å². The summed E-state index contributed by atoms with van der Waals surface area (Å²) < 4.78 is 32.4. The van der Waals surface area contributed by atoms with Crippen LogP contribution in [0.5, 0.6) is 0 Å². The third kappa shape index (κ3) is 2.90. The fraction of sp³-hybridized carbons (Fsp3) is 0.182. The van der Waals surface area contributed by atoms with Gasteiger partial charge in [0.15, 0.2) is 0 Å². The monoisotopic (exact) mass is 286 g/mol. The Labute approximate surface area is 110 Å². The summed E-state index contributed by atoms with van der Waals surface area (Å²) in [6, 6.07) is 2.40. The zero-order valence-electron chi connectivity index (χ0n) is 9.68. The lowest BCUT2D eigenvalue weighted by molar-refractivity contribution is -0.133. The van der Waals surface area contributed by atoms with E-state index in [0.717, 1.165) is 17.8 Å². The molecule has 5 nitrogen and oxygen atoms in total. The summed E-state index contributed by atoms with van der Waals surface area (Å²) >= 11 is 0.775. The van der Waals surface area contributed by atoms with Gasteiger partial charge in [0.2, 0.25) is 0 Å². The second-order valence-electron chi connectivity index (χ2n) is 3.61. The lowest BCUT2D eigenvalue weighted by atomic mass is 10.1. The van der Waals surface area contributed by atoms with Crippen LogP contribution in [-0.4, -0.2) is 27.0 Å². The molecule has 0 unspecified atom stereocenters. The SMILES string of the molecule is Cc1ccc(F)c(-c2nnc(SCC(=O)O)o2)c1F. The Hall–Kier alpha value is -1.96. The first-order valence-corrected chi connectivity index (χ1v) is 6.10. The lowest BCUT2D eigenvalue weighted by Crippen LogP contribution is -1.97. The first kappa shape index (κ1) is 13.5. The number of benzene rings is 1. The molecule has 1 N–H and O–H groups in total. The van der Waals surface area contributed by atoms with Gasteiger partial charge in [-0.1, -0.05) is 17.8 Å². The number of thioether (sulfide) groups is 1. The van der Waals surface area contributed by atoms with E-state index in [2.05, 4.69) is 10.2 Å². The molecule has 0 aliphatic carbocycles. The van der Waals surface area contributed by atoms with E-state index >= 15 is 0 Å². The first-order chi connectivity index (χ1) is 8.99. The Balaban J connectivity index is 2.33. The number of carbonyl (C=O) groups is 1. The normalized spacial score (nSPS) is 10.7. The number of aromatic nitrogens is 2. The molecule has 1 aromatic carbocycles. The van der Waals surface area contributed by atoms with Crippen LogP contribution in [0.25, 0.3) is 11.5 Å². The minimum absolute atomic E-state index is 0.0577. The molecular formula is C11H8F2N2O3S. The summed E-state index contributed by atoms with van der Waals surface area (Å²) in [4.78, 5) is 10.4. The summed E-state index contributed by atoms with van der Waals surface area (Å²) in [7, 11) is 0. The smallest absolute Gasteiger partial charge is 0.314 e. The molecule has 8 heteroatoms. The Morgan fingerprint density at radius 3 is 2.84 bits per heavy atom. The van der Waals surface area contributed by atoms with Gasteiger partial charge in [-0.05, 0) is 18.6 Å². The molecule has 0 bridgehead atoms. The minimum Gasteiger partial charge on any atom is -0.481 e. The van der Waals surface area contributed by atoms with Crippen LogP contribution in [0.1, 0.15) is 5.56 Å². The van der Waals surface area contributed by atoms with Crippen molar-refractivity contribution in [2.45, 2.75) is 12.1 Å². The summed E-state index contributed by atoms with van der Waals surface area (Å²) in [5.41, 5.74) is -0.163. The van der Waals surface area contributed by atoms with Crippen molar-refractivity contribution in [3.05, 3.63) is 29.3 Å². The number of hydrogen-bond donors (Lipinski definition) is 1. The van der Waals surface area contributed by atoms with Crippen LogP contribution in [0, 0.1) is 18.6 Å². The van der Waals surface area contributed by atoms with Gasteiger partial charge in [-0.2, -0.15) is 0 Å². The van der Waals surface area contributed by atoms with Gasteiger partial charge in [-0.15, -0.1) is 10.2 Å². The largest absolute Gasteiger partial charge is 0.481 e. The number of carboxylic acid groups (broad SMARTS) is 1. The number of aliphatic carboxylic acids is 1. The van der Waals surface area contributed by atoms with Crippen LogP contribution in [0.2, 0.25) is 0 Å². The molecule has 0 amide bonds. The highest BCUT2D eigenvalue weighted by Gasteiger charge is 2.19. The molecular weight excluding hydrogens is 278 g/mol. The van der Waals surface area contributed by atoms with E-state index in [1.54, 1.807) is 0 Å². The zero-order valence-corrected chi connectivity index (χ0v) is 10.5. The van der Waals surface area contributed by atoms with E-state index in [1.807, 2.05) is 0 Å². The zero-order chi connectivity index (χ0) is 14.0. The Kier molecular flexibility index (Phi) is 3.79. The van der Waals surface area contributed by atoms with Crippen molar-refractivity contribution in [2.75, 3.05) is 5.75 Å². The van der Waals surface area contributed by atoms with E-state index in [0.29, 0.717) is 0 Å². The van der Waals surface area contributed by atoms with Crippen molar-refractivity contribution in [2.24, 2.45) is 0 Å². The molecule has 0 aliphatic heterocycles. The Morgan fingerprint density at radius 1 is 1.42 bits per heavy atom. The van der Waals surface area contributed by atoms with Gasteiger partial charge >= 0.3 is 5.97 Å². The van der Waals surface area contributed by atoms with Gasteiger partial charge in [0, 0.05) is 0 Å². The van der Waals surface area contributed by atoms with Crippen molar-refractivity contribution in [3.63, 3.8) is 0 Å².